The van der Waals surface area contributed by atoms with Crippen LogP contribution >= 0.6 is 38.9 Å². The first kappa shape index (κ1) is 15.0. The molecule has 19 heavy (non-hydrogen) atoms. The maximum atomic E-state index is 6.03. The van der Waals surface area contributed by atoms with Crippen LogP contribution < -0.4 is 5.32 Å². The van der Waals surface area contributed by atoms with Gasteiger partial charge in [0.1, 0.15) is 5.01 Å². The van der Waals surface area contributed by atoms with Crippen molar-refractivity contribution in [2.75, 3.05) is 6.54 Å². The Morgan fingerprint density at radius 1 is 1.37 bits per heavy atom. The standard InChI is InChI=1S/C14H16BrClN2S/c1-3-12-13(8-17-4-2)19-14(18-12)9-5-6-11(16)10(15)7-9/h5-7,17H,3-4,8H2,1-2H3. The summed E-state index contributed by atoms with van der Waals surface area (Å²) in [5.41, 5.74) is 2.30. The van der Waals surface area contributed by atoms with Crippen LogP contribution in [0.1, 0.15) is 24.4 Å². The molecule has 1 aromatic carbocycles. The molecule has 0 radical (unpaired) electrons. The van der Waals surface area contributed by atoms with Crippen molar-refractivity contribution in [3.05, 3.63) is 38.3 Å². The summed E-state index contributed by atoms with van der Waals surface area (Å²) < 4.78 is 0.910. The highest BCUT2D eigenvalue weighted by Gasteiger charge is 2.11. The van der Waals surface area contributed by atoms with Gasteiger partial charge in [0.25, 0.3) is 0 Å². The molecule has 0 spiro atoms. The van der Waals surface area contributed by atoms with Crippen LogP contribution in [0.4, 0.5) is 0 Å². The van der Waals surface area contributed by atoms with E-state index in [1.807, 2.05) is 18.2 Å². The number of hydrogen-bond donors (Lipinski definition) is 1. The number of aryl methyl sites for hydroxylation is 1. The molecule has 1 N–H and O–H groups in total. The second-order valence-corrected chi connectivity index (χ2v) is 6.50. The third-order valence-corrected chi connectivity index (χ3v) is 5.18. The number of nitrogens with zero attached hydrogens (tertiary/aromatic N) is 1. The van der Waals surface area contributed by atoms with Gasteiger partial charge >= 0.3 is 0 Å². The van der Waals surface area contributed by atoms with Crippen molar-refractivity contribution in [1.82, 2.24) is 10.3 Å². The van der Waals surface area contributed by atoms with Crippen molar-refractivity contribution in [3.8, 4) is 10.6 Å². The van der Waals surface area contributed by atoms with E-state index in [0.717, 1.165) is 39.6 Å². The zero-order valence-electron chi connectivity index (χ0n) is 11.0. The first-order chi connectivity index (χ1) is 9.15. The quantitative estimate of drug-likeness (QED) is 0.821. The van der Waals surface area contributed by atoms with Gasteiger partial charge in [-0.1, -0.05) is 31.5 Å². The Kier molecular flexibility index (Phi) is 5.39. The van der Waals surface area contributed by atoms with Crippen LogP contribution in [0.15, 0.2) is 22.7 Å². The molecule has 2 rings (SSSR count). The van der Waals surface area contributed by atoms with Crippen LogP contribution in [0.25, 0.3) is 10.6 Å². The summed E-state index contributed by atoms with van der Waals surface area (Å²) in [5.74, 6) is 0. The molecular formula is C14H16BrClN2S. The molecule has 0 aliphatic rings. The molecule has 1 aromatic heterocycles. The van der Waals surface area contributed by atoms with E-state index in [1.54, 1.807) is 11.3 Å². The molecule has 1 heterocycles. The summed E-state index contributed by atoms with van der Waals surface area (Å²) >= 11 is 11.2. The van der Waals surface area contributed by atoms with E-state index in [9.17, 15) is 0 Å². The molecule has 5 heteroatoms. The normalized spacial score (nSPS) is 10.9. The van der Waals surface area contributed by atoms with Crippen LogP contribution in [-0.4, -0.2) is 11.5 Å². The second kappa shape index (κ2) is 6.84. The molecule has 102 valence electrons. The number of aromatic nitrogens is 1. The fourth-order valence-corrected chi connectivity index (χ4v) is 3.40. The Balaban J connectivity index is 2.33. The van der Waals surface area contributed by atoms with Gasteiger partial charge in [0, 0.05) is 21.5 Å². The van der Waals surface area contributed by atoms with E-state index in [-0.39, 0.29) is 0 Å². The lowest BCUT2D eigenvalue weighted by molar-refractivity contribution is 0.727. The molecule has 0 saturated heterocycles. The minimum atomic E-state index is 0.726. The summed E-state index contributed by atoms with van der Waals surface area (Å²) in [7, 11) is 0. The fraction of sp³-hybridized carbons (Fsp3) is 0.357. The molecule has 0 atom stereocenters. The summed E-state index contributed by atoms with van der Waals surface area (Å²) in [6.45, 7) is 6.13. The van der Waals surface area contributed by atoms with Crippen molar-refractivity contribution in [3.63, 3.8) is 0 Å². The minimum Gasteiger partial charge on any atom is -0.312 e. The number of thiazole rings is 1. The maximum absolute atomic E-state index is 6.03. The van der Waals surface area contributed by atoms with Gasteiger partial charge < -0.3 is 5.32 Å². The van der Waals surface area contributed by atoms with Crippen LogP contribution in [0.2, 0.25) is 5.02 Å². The number of benzene rings is 1. The smallest absolute Gasteiger partial charge is 0.123 e. The average Bonchev–Trinajstić information content (AvgIpc) is 2.82. The Morgan fingerprint density at radius 3 is 2.79 bits per heavy atom. The number of nitrogens with one attached hydrogen (secondary N) is 1. The largest absolute Gasteiger partial charge is 0.312 e. The van der Waals surface area contributed by atoms with Crippen molar-refractivity contribution in [1.29, 1.82) is 0 Å². The Hall–Kier alpha value is -0.420. The summed E-state index contributed by atoms with van der Waals surface area (Å²) in [5, 5.41) is 5.15. The van der Waals surface area contributed by atoms with E-state index < -0.39 is 0 Å². The molecule has 0 saturated carbocycles. The zero-order chi connectivity index (χ0) is 13.8. The van der Waals surface area contributed by atoms with Gasteiger partial charge in [-0.25, -0.2) is 4.98 Å². The topological polar surface area (TPSA) is 24.9 Å². The lowest BCUT2D eigenvalue weighted by Crippen LogP contribution is -2.11. The molecule has 0 aliphatic heterocycles. The Bertz CT molecular complexity index is 569. The van der Waals surface area contributed by atoms with Gasteiger partial charge in [0.05, 0.1) is 10.7 Å². The predicted molar refractivity (Wildman–Crippen MR) is 87.0 cm³/mol. The molecule has 2 aromatic rings. The molecular weight excluding hydrogens is 344 g/mol. The van der Waals surface area contributed by atoms with Crippen LogP contribution in [-0.2, 0) is 13.0 Å². The van der Waals surface area contributed by atoms with E-state index in [4.69, 9.17) is 16.6 Å². The van der Waals surface area contributed by atoms with Gasteiger partial charge in [-0.15, -0.1) is 11.3 Å². The zero-order valence-corrected chi connectivity index (χ0v) is 14.1. The average molecular weight is 360 g/mol. The van der Waals surface area contributed by atoms with Gasteiger partial charge in [0.2, 0.25) is 0 Å². The van der Waals surface area contributed by atoms with E-state index in [2.05, 4.69) is 35.1 Å². The SMILES string of the molecule is CCNCc1sc(-c2ccc(Cl)c(Br)c2)nc1CC. The van der Waals surface area contributed by atoms with Gasteiger partial charge in [-0.3, -0.25) is 0 Å². The van der Waals surface area contributed by atoms with Crippen molar-refractivity contribution < 1.29 is 0 Å². The van der Waals surface area contributed by atoms with Gasteiger partial charge in [0.15, 0.2) is 0 Å². The number of halogens is 2. The fourth-order valence-electron chi connectivity index (χ4n) is 1.79. The van der Waals surface area contributed by atoms with E-state index >= 15 is 0 Å². The monoisotopic (exact) mass is 358 g/mol. The van der Waals surface area contributed by atoms with Crippen LogP contribution in [0.5, 0.6) is 0 Å². The van der Waals surface area contributed by atoms with Gasteiger partial charge in [-0.2, -0.15) is 0 Å². The van der Waals surface area contributed by atoms with Crippen molar-refractivity contribution in [2.45, 2.75) is 26.8 Å². The molecule has 0 bridgehead atoms. The van der Waals surface area contributed by atoms with E-state index in [0.29, 0.717) is 0 Å². The first-order valence-electron chi connectivity index (χ1n) is 6.30. The third kappa shape index (κ3) is 3.57. The minimum absolute atomic E-state index is 0.726. The van der Waals surface area contributed by atoms with Crippen molar-refractivity contribution >= 4 is 38.9 Å². The Morgan fingerprint density at radius 2 is 2.16 bits per heavy atom. The lowest BCUT2D eigenvalue weighted by atomic mass is 10.2. The Labute approximate surface area is 131 Å². The molecule has 0 fully saturated rings. The molecule has 2 nitrogen and oxygen atoms in total. The molecule has 0 unspecified atom stereocenters. The number of hydrogen-bond acceptors (Lipinski definition) is 3. The second-order valence-electron chi connectivity index (χ2n) is 4.15. The maximum Gasteiger partial charge on any atom is 0.123 e. The highest BCUT2D eigenvalue weighted by atomic mass is 79.9. The highest BCUT2D eigenvalue weighted by Crippen LogP contribution is 2.32. The number of rotatable bonds is 5. The highest BCUT2D eigenvalue weighted by molar-refractivity contribution is 9.10. The summed E-state index contributed by atoms with van der Waals surface area (Å²) in [6.07, 6.45) is 0.964. The third-order valence-electron chi connectivity index (χ3n) is 2.82. The van der Waals surface area contributed by atoms with Crippen molar-refractivity contribution in [2.24, 2.45) is 0 Å². The summed E-state index contributed by atoms with van der Waals surface area (Å²) in [6, 6.07) is 5.94. The molecule has 0 aliphatic carbocycles. The van der Waals surface area contributed by atoms with Crippen LogP contribution in [0, 0.1) is 0 Å². The molecule has 0 amide bonds. The predicted octanol–water partition coefficient (Wildman–Crippen LogP) is 4.90. The van der Waals surface area contributed by atoms with Gasteiger partial charge in [-0.05, 0) is 41.0 Å². The van der Waals surface area contributed by atoms with E-state index in [1.165, 1.54) is 10.6 Å². The lowest BCUT2D eigenvalue weighted by Gasteiger charge is -1.99. The van der Waals surface area contributed by atoms with Crippen LogP contribution in [0.3, 0.4) is 0 Å². The first-order valence-corrected chi connectivity index (χ1v) is 8.29. The summed E-state index contributed by atoms with van der Waals surface area (Å²) in [4.78, 5) is 6.06.